The van der Waals surface area contributed by atoms with E-state index in [0.717, 1.165) is 48.2 Å². The number of carboxylic acid groups (broad SMARTS) is 2. The highest BCUT2D eigenvalue weighted by Gasteiger charge is 2.34. The summed E-state index contributed by atoms with van der Waals surface area (Å²) >= 11 is 8.16. The van der Waals surface area contributed by atoms with E-state index < -0.39 is 52.4 Å². The number of carbonyl (C=O) groups is 3. The molecule has 12 nitrogen and oxygen atoms in total. The van der Waals surface area contributed by atoms with E-state index in [2.05, 4.69) is 0 Å². The zero-order chi connectivity index (χ0) is 30.1. The van der Waals surface area contributed by atoms with Crippen LogP contribution >= 0.6 is 47.1 Å². The Bertz CT molecular complexity index is 1780. The molecule has 2 aromatic rings. The summed E-state index contributed by atoms with van der Waals surface area (Å²) < 4.78 is 34.0. The summed E-state index contributed by atoms with van der Waals surface area (Å²) in [5, 5.41) is 23.3. The Labute approximate surface area is 251 Å². The zero-order valence-corrected chi connectivity index (χ0v) is 25.3. The van der Waals surface area contributed by atoms with Gasteiger partial charge in [-0.1, -0.05) is 47.9 Å². The van der Waals surface area contributed by atoms with E-state index in [1.807, 2.05) is 29.2 Å². The van der Waals surface area contributed by atoms with E-state index in [1.165, 1.54) is 11.8 Å². The first-order valence-electron chi connectivity index (χ1n) is 11.8. The molecule has 0 saturated carbocycles. The number of benzene rings is 1. The van der Waals surface area contributed by atoms with E-state index in [0.29, 0.717) is 18.5 Å². The van der Waals surface area contributed by atoms with Crippen LogP contribution < -0.4 is 29.9 Å². The normalized spacial score (nSPS) is 18.3. The largest absolute Gasteiger partial charge is 0.748 e. The molecule has 1 saturated heterocycles. The van der Waals surface area contributed by atoms with Crippen LogP contribution in [0.15, 0.2) is 45.1 Å². The molecular weight excluding hydrogens is 635 g/mol. The summed E-state index contributed by atoms with van der Waals surface area (Å²) in [5.74, 6) is -4.36. The van der Waals surface area contributed by atoms with Crippen LogP contribution in [0, 0.1) is 0 Å². The van der Waals surface area contributed by atoms with Crippen LogP contribution in [0.1, 0.15) is 19.8 Å². The first-order valence-corrected chi connectivity index (χ1v) is 16.3. The predicted molar refractivity (Wildman–Crippen MR) is 154 cm³/mol. The van der Waals surface area contributed by atoms with Crippen LogP contribution in [-0.4, -0.2) is 63.4 Å². The highest BCUT2D eigenvalue weighted by molar-refractivity contribution is 8.30. The molecular formula is C24H20N3O9S5-3. The van der Waals surface area contributed by atoms with E-state index in [4.69, 9.17) is 12.2 Å². The van der Waals surface area contributed by atoms with Crippen LogP contribution in [0.2, 0.25) is 0 Å². The number of aromatic nitrogens is 1. The summed E-state index contributed by atoms with van der Waals surface area (Å²) in [6.07, 6.45) is 2.32. The van der Waals surface area contributed by atoms with Crippen LogP contribution in [-0.2, 0) is 31.0 Å². The molecule has 2 aliphatic rings. The Morgan fingerprint density at radius 2 is 1.71 bits per heavy atom. The van der Waals surface area contributed by atoms with Crippen molar-refractivity contribution in [1.29, 1.82) is 0 Å². The minimum Gasteiger partial charge on any atom is -0.748 e. The molecule has 1 aromatic heterocycles. The van der Waals surface area contributed by atoms with Crippen molar-refractivity contribution in [2.75, 3.05) is 23.7 Å². The lowest BCUT2D eigenvalue weighted by Crippen LogP contribution is -2.41. The number of para-hydroxylation sites is 1. The number of thioether (sulfide) groups is 2. The number of anilines is 1. The number of aliphatic carboxylic acids is 2. The quantitative estimate of drug-likeness (QED) is 0.161. The van der Waals surface area contributed by atoms with Crippen molar-refractivity contribution in [2.24, 2.45) is 0 Å². The molecule has 1 fully saturated rings. The van der Waals surface area contributed by atoms with E-state index >= 15 is 0 Å². The van der Waals surface area contributed by atoms with Gasteiger partial charge in [0.1, 0.15) is 13.9 Å². The SMILES string of the molecule is CC(/C=C1\Sc2ccccc2N1CCCCS(=O)(=O)[O-])=c1/s/c(=C2/SC(=S)N(CC(=O)[O-])C2=O)n(CC(=O)[O-])c1=O. The molecule has 3 heterocycles. The summed E-state index contributed by atoms with van der Waals surface area (Å²) in [7, 11) is -4.33. The van der Waals surface area contributed by atoms with Crippen molar-refractivity contribution < 1.29 is 37.6 Å². The second kappa shape index (κ2) is 12.5. The molecule has 0 unspecified atom stereocenters. The Balaban J connectivity index is 1.80. The maximum atomic E-state index is 13.4. The van der Waals surface area contributed by atoms with Crippen molar-refractivity contribution in [1.82, 2.24) is 9.47 Å². The van der Waals surface area contributed by atoms with Gasteiger partial charge in [-0.15, -0.1) is 11.3 Å². The Morgan fingerprint density at radius 1 is 1.02 bits per heavy atom. The molecule has 1 aromatic carbocycles. The molecule has 0 atom stereocenters. The molecule has 0 aliphatic carbocycles. The number of rotatable bonds is 10. The molecule has 2 aliphatic heterocycles. The second-order valence-corrected chi connectivity index (χ2v) is 14.0. The van der Waals surface area contributed by atoms with Crippen LogP contribution in [0.5, 0.6) is 0 Å². The predicted octanol–water partition coefficient (Wildman–Crippen LogP) is -1.67. The maximum Gasteiger partial charge on any atom is 0.269 e. The number of hydrogen-bond acceptors (Lipinski definition) is 14. The minimum atomic E-state index is -4.33. The van der Waals surface area contributed by atoms with Crippen LogP contribution in [0.4, 0.5) is 5.69 Å². The number of hydrogen-bond donors (Lipinski definition) is 0. The lowest BCUT2D eigenvalue weighted by molar-refractivity contribution is -0.307. The van der Waals surface area contributed by atoms with Gasteiger partial charge in [-0.25, -0.2) is 8.42 Å². The summed E-state index contributed by atoms with van der Waals surface area (Å²) in [6, 6.07) is 7.50. The number of nitrogens with zero attached hydrogens (tertiary/aromatic N) is 3. The van der Waals surface area contributed by atoms with Gasteiger partial charge < -0.3 is 29.3 Å². The van der Waals surface area contributed by atoms with Crippen LogP contribution in [0.25, 0.3) is 10.5 Å². The van der Waals surface area contributed by atoms with E-state index in [9.17, 15) is 42.4 Å². The molecule has 0 radical (unpaired) electrons. The third kappa shape index (κ3) is 7.10. The number of unbranched alkanes of at least 4 members (excludes halogenated alkanes) is 1. The van der Waals surface area contributed by atoms with E-state index in [-0.39, 0.29) is 24.8 Å². The molecule has 0 spiro atoms. The lowest BCUT2D eigenvalue weighted by atomic mass is 10.2. The third-order valence-corrected chi connectivity index (χ3v) is 10.6. The molecule has 1 amide bonds. The number of thiocarbonyl (C=S) groups is 1. The van der Waals surface area contributed by atoms with Crippen molar-refractivity contribution in [3.8, 4) is 0 Å². The number of fused-ring (bicyclic) bond motifs is 1. The standard InChI is InChI=1S/C24H23N3O9S5/c1-13(10-16-25(8-4-5-9-41(34,35)36)14-6-2-3-7-15(14)38-16)19-21(32)26(11-17(28)29)23(39-19)20-22(33)27(12-18(30)31)24(37)40-20/h2-3,6-7,10H,4-5,8-9,11-12H2,1H3,(H,28,29)(H,30,31)(H,34,35,36)/p-3/b16-10-,19-13-,23-20+. The van der Waals surface area contributed by atoms with Crippen molar-refractivity contribution in [3.63, 3.8) is 0 Å². The molecule has 41 heavy (non-hydrogen) atoms. The van der Waals surface area contributed by atoms with Gasteiger partial charge >= 0.3 is 0 Å². The highest BCUT2D eigenvalue weighted by Crippen LogP contribution is 2.46. The lowest BCUT2D eigenvalue weighted by Gasteiger charge is -2.20. The highest BCUT2D eigenvalue weighted by atomic mass is 32.2. The molecule has 0 bridgehead atoms. The number of thiazole rings is 1. The van der Waals surface area contributed by atoms with Gasteiger partial charge in [0, 0.05) is 17.2 Å². The Kier molecular flexibility index (Phi) is 9.45. The zero-order valence-electron chi connectivity index (χ0n) is 21.2. The van der Waals surface area contributed by atoms with Gasteiger partial charge in [0.25, 0.3) is 11.5 Å². The van der Waals surface area contributed by atoms with Crippen molar-refractivity contribution in [3.05, 3.63) is 54.9 Å². The first-order chi connectivity index (χ1) is 19.3. The summed E-state index contributed by atoms with van der Waals surface area (Å²) in [5.41, 5.74) is 0.653. The van der Waals surface area contributed by atoms with Gasteiger partial charge in [-0.2, -0.15) is 0 Å². The van der Waals surface area contributed by atoms with Gasteiger partial charge in [-0.05, 0) is 43.5 Å². The molecule has 0 N–H and O–H groups in total. The summed E-state index contributed by atoms with van der Waals surface area (Å²) in [4.78, 5) is 52.5. The van der Waals surface area contributed by atoms with Gasteiger partial charge in [-0.3, -0.25) is 19.1 Å². The van der Waals surface area contributed by atoms with Gasteiger partial charge in [0.15, 0.2) is 0 Å². The summed E-state index contributed by atoms with van der Waals surface area (Å²) in [6.45, 7) is 0.426. The Morgan fingerprint density at radius 3 is 2.37 bits per heavy atom. The smallest absolute Gasteiger partial charge is 0.269 e. The van der Waals surface area contributed by atoms with Crippen molar-refractivity contribution >= 4 is 95.5 Å². The number of allylic oxidation sites excluding steroid dienone is 1. The first kappa shape index (κ1) is 31.0. The minimum absolute atomic E-state index is 0.00295. The maximum absolute atomic E-state index is 13.4. The average Bonchev–Trinajstić information content (AvgIpc) is 3.48. The van der Waals surface area contributed by atoms with Crippen LogP contribution in [0.3, 0.4) is 0 Å². The van der Waals surface area contributed by atoms with Gasteiger partial charge in [0.05, 0.1) is 50.4 Å². The molecule has 4 rings (SSSR count). The Hall–Kier alpha value is -2.96. The van der Waals surface area contributed by atoms with E-state index in [1.54, 1.807) is 13.0 Å². The molecule has 218 valence electrons. The number of carboxylic acids is 2. The fraction of sp³-hybridized carbons (Fsp3) is 0.292. The van der Waals surface area contributed by atoms with Crippen molar-refractivity contribution in [2.45, 2.75) is 31.2 Å². The fourth-order valence-electron chi connectivity index (χ4n) is 4.08. The fourth-order valence-corrected chi connectivity index (χ4v) is 8.35. The number of amides is 1. The topological polar surface area (TPSA) is 183 Å². The third-order valence-electron chi connectivity index (χ3n) is 5.86. The van der Waals surface area contributed by atoms with Gasteiger partial charge in [0.2, 0.25) is 0 Å². The monoisotopic (exact) mass is 654 g/mol. The number of carbonyl (C=O) groups excluding carboxylic acids is 3. The molecule has 17 heteroatoms. The average molecular weight is 655 g/mol. The second-order valence-electron chi connectivity index (χ2n) is 8.82.